The molecule has 0 saturated heterocycles. The molecule has 1 N–H and O–H groups in total. The highest BCUT2D eigenvalue weighted by molar-refractivity contribution is 5.59. The molecule has 0 amide bonds. The maximum absolute atomic E-state index is 8.99. The Labute approximate surface area is 101 Å². The Morgan fingerprint density at radius 3 is 2.41 bits per heavy atom. The fourth-order valence-corrected chi connectivity index (χ4v) is 1.75. The summed E-state index contributed by atoms with van der Waals surface area (Å²) >= 11 is 0. The second-order valence-corrected chi connectivity index (χ2v) is 3.76. The number of aromatic nitrogens is 1. The smallest absolute Gasteiger partial charge is 0.132 e. The minimum absolute atomic E-state index is 0.0325. The van der Waals surface area contributed by atoms with E-state index in [1.165, 1.54) is 0 Å². The molecule has 0 radical (unpaired) electrons. The van der Waals surface area contributed by atoms with Crippen molar-refractivity contribution in [2.75, 3.05) is 11.4 Å². The Balaban J connectivity index is 2.29. The van der Waals surface area contributed by atoms with Crippen molar-refractivity contribution in [3.63, 3.8) is 0 Å². The van der Waals surface area contributed by atoms with Crippen molar-refractivity contribution in [2.24, 2.45) is 0 Å². The molecule has 0 saturated carbocycles. The monoisotopic (exact) mass is 228 g/mol. The van der Waals surface area contributed by atoms with E-state index >= 15 is 0 Å². The van der Waals surface area contributed by atoms with Crippen molar-refractivity contribution in [1.29, 1.82) is 0 Å². The van der Waals surface area contributed by atoms with Crippen LogP contribution in [0.5, 0.6) is 0 Å². The summed E-state index contributed by atoms with van der Waals surface area (Å²) < 4.78 is 0. The summed E-state index contributed by atoms with van der Waals surface area (Å²) in [5, 5.41) is 8.99. The molecule has 17 heavy (non-hydrogen) atoms. The van der Waals surface area contributed by atoms with Gasteiger partial charge in [0.1, 0.15) is 5.82 Å². The van der Waals surface area contributed by atoms with Crippen LogP contribution in [0.2, 0.25) is 0 Å². The lowest BCUT2D eigenvalue weighted by Gasteiger charge is -2.22. The molecular weight excluding hydrogens is 212 g/mol. The van der Waals surface area contributed by atoms with Crippen molar-refractivity contribution in [1.82, 2.24) is 4.98 Å². The van der Waals surface area contributed by atoms with Gasteiger partial charge in [-0.3, -0.25) is 0 Å². The van der Waals surface area contributed by atoms with E-state index in [2.05, 4.69) is 28.9 Å². The van der Waals surface area contributed by atoms with E-state index in [-0.39, 0.29) is 6.61 Å². The van der Waals surface area contributed by atoms with E-state index in [0.29, 0.717) is 0 Å². The largest absolute Gasteiger partial charge is 0.392 e. The molecule has 0 unspecified atom stereocenters. The standard InChI is InChI=1S/C14H16N2O/c1-2-16(13-6-4-3-5-7-13)14-9-8-12(11-17)10-15-14/h3-10,17H,2,11H2,1H3. The highest BCUT2D eigenvalue weighted by Crippen LogP contribution is 2.22. The third kappa shape index (κ3) is 2.63. The van der Waals surface area contributed by atoms with Gasteiger partial charge in [0.05, 0.1) is 6.61 Å². The van der Waals surface area contributed by atoms with Crippen LogP contribution in [0.3, 0.4) is 0 Å². The van der Waals surface area contributed by atoms with E-state index in [1.54, 1.807) is 6.20 Å². The molecule has 3 heteroatoms. The minimum atomic E-state index is 0.0325. The van der Waals surface area contributed by atoms with Crippen LogP contribution in [0.15, 0.2) is 48.7 Å². The maximum atomic E-state index is 8.99. The van der Waals surface area contributed by atoms with Gasteiger partial charge in [0, 0.05) is 18.4 Å². The normalized spacial score (nSPS) is 10.2. The zero-order valence-electron chi connectivity index (χ0n) is 9.87. The Kier molecular flexibility index (Phi) is 3.73. The Morgan fingerprint density at radius 1 is 1.12 bits per heavy atom. The van der Waals surface area contributed by atoms with Crippen LogP contribution in [0, 0.1) is 0 Å². The van der Waals surface area contributed by atoms with E-state index in [1.807, 2.05) is 30.3 Å². The molecule has 0 bridgehead atoms. The van der Waals surface area contributed by atoms with Gasteiger partial charge in [-0.1, -0.05) is 24.3 Å². The molecule has 1 aromatic carbocycles. The first kappa shape index (κ1) is 11.6. The Hall–Kier alpha value is -1.87. The molecule has 2 rings (SSSR count). The third-order valence-electron chi connectivity index (χ3n) is 2.65. The van der Waals surface area contributed by atoms with Gasteiger partial charge in [0.2, 0.25) is 0 Å². The molecule has 0 aliphatic rings. The highest BCUT2D eigenvalue weighted by Gasteiger charge is 2.07. The second-order valence-electron chi connectivity index (χ2n) is 3.76. The van der Waals surface area contributed by atoms with Gasteiger partial charge >= 0.3 is 0 Å². The number of hydrogen-bond donors (Lipinski definition) is 1. The van der Waals surface area contributed by atoms with Crippen molar-refractivity contribution in [3.8, 4) is 0 Å². The van der Waals surface area contributed by atoms with Crippen molar-refractivity contribution in [3.05, 3.63) is 54.2 Å². The molecule has 3 nitrogen and oxygen atoms in total. The average Bonchev–Trinajstić information content (AvgIpc) is 2.42. The van der Waals surface area contributed by atoms with E-state index in [4.69, 9.17) is 5.11 Å². The first-order valence-electron chi connectivity index (χ1n) is 5.73. The number of pyridine rings is 1. The van der Waals surface area contributed by atoms with Crippen LogP contribution in [0.4, 0.5) is 11.5 Å². The molecule has 1 heterocycles. The number of nitrogens with zero attached hydrogens (tertiary/aromatic N) is 2. The molecule has 2 aromatic rings. The average molecular weight is 228 g/mol. The van der Waals surface area contributed by atoms with Gasteiger partial charge in [0.25, 0.3) is 0 Å². The first-order chi connectivity index (χ1) is 8.35. The fourth-order valence-electron chi connectivity index (χ4n) is 1.75. The number of rotatable bonds is 4. The third-order valence-corrected chi connectivity index (χ3v) is 2.65. The van der Waals surface area contributed by atoms with Crippen molar-refractivity contribution >= 4 is 11.5 Å². The topological polar surface area (TPSA) is 36.4 Å². The summed E-state index contributed by atoms with van der Waals surface area (Å²) in [5.74, 6) is 0.899. The molecule has 0 fully saturated rings. The van der Waals surface area contributed by atoms with E-state index < -0.39 is 0 Å². The molecule has 1 aromatic heterocycles. The minimum Gasteiger partial charge on any atom is -0.392 e. The zero-order chi connectivity index (χ0) is 12.1. The van der Waals surface area contributed by atoms with Gasteiger partial charge in [-0.15, -0.1) is 0 Å². The van der Waals surface area contributed by atoms with Crippen LogP contribution < -0.4 is 4.90 Å². The molecule has 0 aliphatic heterocycles. The number of hydrogen-bond acceptors (Lipinski definition) is 3. The number of aliphatic hydroxyl groups is 1. The van der Waals surface area contributed by atoms with Crippen LogP contribution >= 0.6 is 0 Å². The number of para-hydroxylation sites is 1. The predicted molar refractivity (Wildman–Crippen MR) is 69.3 cm³/mol. The van der Waals surface area contributed by atoms with E-state index in [9.17, 15) is 0 Å². The fraction of sp³-hybridized carbons (Fsp3) is 0.214. The highest BCUT2D eigenvalue weighted by atomic mass is 16.3. The summed E-state index contributed by atoms with van der Waals surface area (Å²) in [6.07, 6.45) is 1.71. The van der Waals surface area contributed by atoms with E-state index in [0.717, 1.165) is 23.6 Å². The molecule has 0 spiro atoms. The number of aliphatic hydroxyl groups excluding tert-OH is 1. The summed E-state index contributed by atoms with van der Waals surface area (Å²) in [6, 6.07) is 14.0. The van der Waals surface area contributed by atoms with Crippen LogP contribution in [-0.2, 0) is 6.61 Å². The van der Waals surface area contributed by atoms with Crippen LogP contribution in [-0.4, -0.2) is 16.6 Å². The quantitative estimate of drug-likeness (QED) is 0.874. The van der Waals surface area contributed by atoms with Crippen LogP contribution in [0.1, 0.15) is 12.5 Å². The lowest BCUT2D eigenvalue weighted by molar-refractivity contribution is 0.281. The van der Waals surface area contributed by atoms with Crippen molar-refractivity contribution < 1.29 is 5.11 Å². The summed E-state index contributed by atoms with van der Waals surface area (Å²) in [4.78, 5) is 6.49. The molecule has 88 valence electrons. The lowest BCUT2D eigenvalue weighted by atomic mass is 10.2. The Morgan fingerprint density at radius 2 is 1.88 bits per heavy atom. The lowest BCUT2D eigenvalue weighted by Crippen LogP contribution is -2.17. The van der Waals surface area contributed by atoms with Gasteiger partial charge in [-0.2, -0.15) is 0 Å². The van der Waals surface area contributed by atoms with Gasteiger partial charge in [-0.25, -0.2) is 4.98 Å². The molecule has 0 aliphatic carbocycles. The first-order valence-corrected chi connectivity index (χ1v) is 5.73. The number of anilines is 2. The summed E-state index contributed by atoms with van der Waals surface area (Å²) in [5.41, 5.74) is 1.96. The van der Waals surface area contributed by atoms with Crippen LogP contribution in [0.25, 0.3) is 0 Å². The Bertz CT molecular complexity index is 453. The summed E-state index contributed by atoms with van der Waals surface area (Å²) in [6.45, 7) is 2.98. The predicted octanol–water partition coefficient (Wildman–Crippen LogP) is 2.73. The second kappa shape index (κ2) is 5.46. The SMILES string of the molecule is CCN(c1ccccc1)c1ccc(CO)cn1. The van der Waals surface area contributed by atoms with Gasteiger partial charge < -0.3 is 10.0 Å². The maximum Gasteiger partial charge on any atom is 0.132 e. The molecular formula is C14H16N2O. The number of benzene rings is 1. The molecule has 0 atom stereocenters. The zero-order valence-corrected chi connectivity index (χ0v) is 9.87. The summed E-state index contributed by atoms with van der Waals surface area (Å²) in [7, 11) is 0. The van der Waals surface area contributed by atoms with Gasteiger partial charge in [0.15, 0.2) is 0 Å². The van der Waals surface area contributed by atoms with Crippen molar-refractivity contribution in [2.45, 2.75) is 13.5 Å². The van der Waals surface area contributed by atoms with Gasteiger partial charge in [-0.05, 0) is 30.7 Å².